The van der Waals surface area contributed by atoms with Crippen molar-refractivity contribution in [3.63, 3.8) is 0 Å². The van der Waals surface area contributed by atoms with Gasteiger partial charge in [-0.1, -0.05) is 121 Å². The Morgan fingerprint density at radius 1 is 0.735 bits per heavy atom. The van der Waals surface area contributed by atoms with Crippen LogP contribution in [0.5, 0.6) is 11.5 Å². The number of benzene rings is 2. The molecule has 0 unspecified atom stereocenters. The van der Waals surface area contributed by atoms with E-state index in [1.54, 1.807) is 0 Å². The fourth-order valence-corrected chi connectivity index (χ4v) is 5.07. The van der Waals surface area contributed by atoms with Gasteiger partial charge in [-0.25, -0.2) is 0 Å². The zero-order valence-electron chi connectivity index (χ0n) is 21.5. The second kappa shape index (κ2) is 14.1. The minimum atomic E-state index is -0.0333. The topological polar surface area (TPSA) is 56.2 Å². The molecule has 34 heavy (non-hydrogen) atoms. The summed E-state index contributed by atoms with van der Waals surface area (Å²) < 4.78 is 0. The van der Waals surface area contributed by atoms with Crippen LogP contribution in [0.2, 0.25) is 0 Å². The van der Waals surface area contributed by atoms with Crippen LogP contribution in [0.1, 0.15) is 114 Å². The number of phenolic OH excluding ortho intramolecular Hbond substituents is 2. The highest BCUT2D eigenvalue weighted by atomic mass is 16.3. The summed E-state index contributed by atoms with van der Waals surface area (Å²) in [6, 6.07) is 7.91. The van der Waals surface area contributed by atoms with E-state index < -0.39 is 0 Å². The van der Waals surface area contributed by atoms with Crippen LogP contribution in [0.15, 0.2) is 30.3 Å². The Morgan fingerprint density at radius 2 is 1.29 bits per heavy atom. The average Bonchev–Trinajstić information content (AvgIpc) is 3.23. The molecular weight excluding hydrogens is 418 g/mol. The maximum Gasteiger partial charge on any atom is 0.167 e. The van der Waals surface area contributed by atoms with E-state index >= 15 is 0 Å². The van der Waals surface area contributed by atoms with E-state index in [9.17, 15) is 10.2 Å². The molecule has 0 saturated carbocycles. The molecule has 186 valence electrons. The number of aromatic nitrogens is 1. The third-order valence-electron chi connectivity index (χ3n) is 7.20. The van der Waals surface area contributed by atoms with Gasteiger partial charge in [-0.05, 0) is 25.8 Å². The summed E-state index contributed by atoms with van der Waals surface area (Å²) in [6.45, 7) is 4.15. The molecule has 3 aromatic rings. The lowest BCUT2D eigenvalue weighted by molar-refractivity contribution is 0.405. The zero-order chi connectivity index (χ0) is 24.2. The largest absolute Gasteiger partial charge is 0.504 e. The molecule has 3 nitrogen and oxygen atoms in total. The zero-order valence-corrected chi connectivity index (χ0v) is 21.5. The van der Waals surface area contributed by atoms with E-state index in [1.807, 2.05) is 31.2 Å². The maximum atomic E-state index is 10.6. The summed E-state index contributed by atoms with van der Waals surface area (Å²) in [4.78, 5) is 3.44. The smallest absolute Gasteiger partial charge is 0.167 e. The molecule has 1 aromatic heterocycles. The molecule has 0 spiro atoms. The first-order chi connectivity index (χ1) is 16.6. The first-order valence-corrected chi connectivity index (χ1v) is 13.8. The Morgan fingerprint density at radius 3 is 1.91 bits per heavy atom. The monoisotopic (exact) mass is 463 g/mol. The SMILES string of the molecule is CCCCCCCCCCCCCCCCC=Cc1c(C)c(O)c(O)c2c1[nH]c1ccccc12. The first-order valence-electron chi connectivity index (χ1n) is 13.8. The van der Waals surface area contributed by atoms with Gasteiger partial charge in [0.2, 0.25) is 0 Å². The van der Waals surface area contributed by atoms with Crippen molar-refractivity contribution in [3.05, 3.63) is 41.5 Å². The number of unbranched alkanes of at least 4 members (excludes halogenated alkanes) is 14. The van der Waals surface area contributed by atoms with Crippen molar-refractivity contribution in [2.45, 2.75) is 110 Å². The Kier molecular flexibility index (Phi) is 10.9. The van der Waals surface area contributed by atoms with Crippen LogP contribution < -0.4 is 0 Å². The van der Waals surface area contributed by atoms with Crippen LogP contribution in [0, 0.1) is 6.92 Å². The van der Waals surface area contributed by atoms with E-state index in [1.165, 1.54) is 89.9 Å². The molecule has 0 aliphatic carbocycles. The second-order valence-corrected chi connectivity index (χ2v) is 9.94. The standard InChI is InChI=1S/C31H45NO2/c1-3-4-5-6-7-8-9-10-11-12-13-14-15-16-17-18-21-25-24(2)30(33)31(34)28-26-22-19-20-23-27(26)32-29(25)28/h18-23,32-34H,3-17H2,1-2H3. The fraction of sp³-hybridized carbons (Fsp3) is 0.548. The van der Waals surface area contributed by atoms with Gasteiger partial charge in [0.25, 0.3) is 0 Å². The quantitative estimate of drug-likeness (QED) is 0.146. The van der Waals surface area contributed by atoms with Crippen LogP contribution in [0.3, 0.4) is 0 Å². The highest BCUT2D eigenvalue weighted by Crippen LogP contribution is 2.43. The summed E-state index contributed by atoms with van der Waals surface area (Å²) in [6.07, 6.45) is 24.6. The number of phenols is 2. The molecule has 3 heteroatoms. The molecular formula is C31H45NO2. The number of aromatic amines is 1. The summed E-state index contributed by atoms with van der Waals surface area (Å²) >= 11 is 0. The van der Waals surface area contributed by atoms with E-state index in [4.69, 9.17) is 0 Å². The number of nitrogens with one attached hydrogen (secondary N) is 1. The van der Waals surface area contributed by atoms with Crippen molar-refractivity contribution in [3.8, 4) is 11.5 Å². The Labute approximate surface area is 206 Å². The number of aromatic hydroxyl groups is 2. The summed E-state index contributed by atoms with van der Waals surface area (Å²) in [5.74, 6) is -0.0533. The molecule has 0 aliphatic heterocycles. The summed E-state index contributed by atoms with van der Waals surface area (Å²) in [5, 5.41) is 22.7. The molecule has 2 aromatic carbocycles. The van der Waals surface area contributed by atoms with E-state index in [0.717, 1.165) is 28.4 Å². The molecule has 0 saturated heterocycles. The van der Waals surface area contributed by atoms with Crippen molar-refractivity contribution in [1.29, 1.82) is 0 Å². The minimum absolute atomic E-state index is 0.0200. The van der Waals surface area contributed by atoms with Crippen LogP contribution in [0.25, 0.3) is 27.9 Å². The lowest BCUT2D eigenvalue weighted by Crippen LogP contribution is -1.87. The molecule has 0 radical (unpaired) electrons. The van der Waals surface area contributed by atoms with E-state index in [-0.39, 0.29) is 11.5 Å². The molecule has 0 bridgehead atoms. The van der Waals surface area contributed by atoms with Gasteiger partial charge in [-0.2, -0.15) is 0 Å². The van der Waals surface area contributed by atoms with Crippen LogP contribution in [-0.4, -0.2) is 15.2 Å². The van der Waals surface area contributed by atoms with Gasteiger partial charge in [0.05, 0.1) is 10.9 Å². The van der Waals surface area contributed by atoms with Gasteiger partial charge in [0.15, 0.2) is 11.5 Å². The highest BCUT2D eigenvalue weighted by molar-refractivity contribution is 6.14. The van der Waals surface area contributed by atoms with E-state index in [2.05, 4.69) is 24.1 Å². The third kappa shape index (κ3) is 7.04. The van der Waals surface area contributed by atoms with Crippen LogP contribution in [0.4, 0.5) is 0 Å². The number of allylic oxidation sites excluding steroid dienone is 1. The fourth-order valence-electron chi connectivity index (χ4n) is 5.07. The number of para-hydroxylation sites is 1. The first kappa shape index (κ1) is 26.2. The van der Waals surface area contributed by atoms with Crippen molar-refractivity contribution in [1.82, 2.24) is 4.98 Å². The van der Waals surface area contributed by atoms with E-state index in [0.29, 0.717) is 10.9 Å². The van der Waals surface area contributed by atoms with Gasteiger partial charge < -0.3 is 15.2 Å². The normalized spacial score (nSPS) is 11.9. The highest BCUT2D eigenvalue weighted by Gasteiger charge is 2.18. The van der Waals surface area contributed by atoms with Gasteiger partial charge in [0.1, 0.15) is 0 Å². The summed E-state index contributed by atoms with van der Waals surface area (Å²) in [5.41, 5.74) is 3.55. The number of H-pyrrole nitrogens is 1. The second-order valence-electron chi connectivity index (χ2n) is 9.94. The third-order valence-corrected chi connectivity index (χ3v) is 7.20. The van der Waals surface area contributed by atoms with Gasteiger partial charge in [-0.15, -0.1) is 0 Å². The van der Waals surface area contributed by atoms with Crippen LogP contribution >= 0.6 is 0 Å². The molecule has 3 rings (SSSR count). The predicted octanol–water partition coefficient (Wildman–Crippen LogP) is 9.93. The Bertz CT molecular complexity index is 1050. The molecule has 1 heterocycles. The van der Waals surface area contributed by atoms with Gasteiger partial charge in [0, 0.05) is 22.0 Å². The number of fused-ring (bicyclic) bond motifs is 3. The Hall–Kier alpha value is -2.42. The minimum Gasteiger partial charge on any atom is -0.504 e. The molecule has 0 aliphatic rings. The lowest BCUT2D eigenvalue weighted by Gasteiger charge is -2.09. The van der Waals surface area contributed by atoms with Gasteiger partial charge >= 0.3 is 0 Å². The Balaban J connectivity index is 1.36. The molecule has 0 fully saturated rings. The van der Waals surface area contributed by atoms with Gasteiger partial charge in [-0.3, -0.25) is 0 Å². The van der Waals surface area contributed by atoms with Crippen molar-refractivity contribution in [2.24, 2.45) is 0 Å². The average molecular weight is 464 g/mol. The summed E-state index contributed by atoms with van der Waals surface area (Å²) in [7, 11) is 0. The van der Waals surface area contributed by atoms with Crippen molar-refractivity contribution >= 4 is 27.9 Å². The maximum absolute atomic E-state index is 10.6. The lowest BCUT2D eigenvalue weighted by atomic mass is 10.00. The number of hydrogen-bond acceptors (Lipinski definition) is 2. The number of hydrogen-bond donors (Lipinski definition) is 3. The molecule has 0 atom stereocenters. The number of rotatable bonds is 16. The van der Waals surface area contributed by atoms with Crippen molar-refractivity contribution in [2.75, 3.05) is 0 Å². The predicted molar refractivity (Wildman–Crippen MR) is 148 cm³/mol. The molecule has 3 N–H and O–H groups in total. The van der Waals surface area contributed by atoms with Crippen molar-refractivity contribution < 1.29 is 10.2 Å². The molecule has 0 amide bonds. The van der Waals surface area contributed by atoms with Crippen LogP contribution in [-0.2, 0) is 0 Å².